The first-order valence-electron chi connectivity index (χ1n) is 14.1. The van der Waals surface area contributed by atoms with E-state index < -0.39 is 30.0 Å². The minimum Gasteiger partial charge on any atom is -0.480 e. The van der Waals surface area contributed by atoms with Gasteiger partial charge in [-0.2, -0.15) is 13.2 Å². The van der Waals surface area contributed by atoms with Crippen LogP contribution in [0.2, 0.25) is 5.02 Å². The quantitative estimate of drug-likeness (QED) is 0.198. The molecule has 5 rings (SSSR count). The summed E-state index contributed by atoms with van der Waals surface area (Å²) in [5.74, 6) is -1.92. The number of rotatable bonds is 9. The fourth-order valence-electron chi connectivity index (χ4n) is 5.32. The van der Waals surface area contributed by atoms with E-state index in [1.807, 2.05) is 66.7 Å². The third-order valence-electron chi connectivity index (χ3n) is 7.67. The Hall–Kier alpha value is -4.50. The Morgan fingerprint density at radius 1 is 0.932 bits per heavy atom. The molecule has 1 aliphatic rings. The third-order valence-corrected chi connectivity index (χ3v) is 7.90. The molecular formula is C34H30ClF3N2O4. The minimum atomic E-state index is -4.27. The number of hydrogen-bond acceptors (Lipinski definition) is 4. The van der Waals surface area contributed by atoms with Gasteiger partial charge in [0.1, 0.15) is 17.5 Å². The van der Waals surface area contributed by atoms with Gasteiger partial charge < -0.3 is 20.1 Å². The van der Waals surface area contributed by atoms with Gasteiger partial charge in [-0.05, 0) is 60.4 Å². The monoisotopic (exact) mass is 622 g/mol. The van der Waals surface area contributed by atoms with Gasteiger partial charge in [0.05, 0.1) is 11.5 Å². The number of para-hydroxylation sites is 2. The topological polar surface area (TPSA) is 78.9 Å². The summed E-state index contributed by atoms with van der Waals surface area (Å²) in [6, 6.07) is 27.6. The number of benzene rings is 4. The highest BCUT2D eigenvalue weighted by Gasteiger charge is 2.41. The van der Waals surface area contributed by atoms with Crippen LogP contribution >= 0.6 is 11.6 Å². The maximum atomic E-state index is 13.4. The molecule has 1 aliphatic heterocycles. The van der Waals surface area contributed by atoms with E-state index in [1.165, 1.54) is 6.07 Å². The van der Waals surface area contributed by atoms with Crippen LogP contribution in [0.15, 0.2) is 97.1 Å². The predicted octanol–water partition coefficient (Wildman–Crippen LogP) is 8.00. The average Bonchev–Trinajstić information content (AvgIpc) is 3.01. The maximum absolute atomic E-state index is 13.4. The molecule has 2 N–H and O–H groups in total. The van der Waals surface area contributed by atoms with Crippen LogP contribution in [0.5, 0.6) is 11.5 Å². The second kappa shape index (κ2) is 13.4. The maximum Gasteiger partial charge on any atom is 0.391 e. The number of piperidine rings is 1. The fourth-order valence-corrected chi connectivity index (χ4v) is 5.49. The molecule has 1 unspecified atom stereocenters. The lowest BCUT2D eigenvalue weighted by atomic mass is 9.95. The van der Waals surface area contributed by atoms with E-state index in [1.54, 1.807) is 29.2 Å². The Morgan fingerprint density at radius 2 is 1.59 bits per heavy atom. The molecule has 4 aromatic carbocycles. The number of carboxylic acid groups (broad SMARTS) is 1. The van der Waals surface area contributed by atoms with E-state index in [9.17, 15) is 27.9 Å². The van der Waals surface area contributed by atoms with Crippen LogP contribution < -0.4 is 15.0 Å². The molecule has 44 heavy (non-hydrogen) atoms. The van der Waals surface area contributed by atoms with Gasteiger partial charge in [0, 0.05) is 35.8 Å². The van der Waals surface area contributed by atoms with Crippen LogP contribution in [-0.2, 0) is 11.2 Å². The summed E-state index contributed by atoms with van der Waals surface area (Å²) in [6.45, 7) is 0.223. The van der Waals surface area contributed by atoms with Crippen molar-refractivity contribution in [1.29, 1.82) is 0 Å². The first-order chi connectivity index (χ1) is 21.1. The number of aliphatic carboxylic acids is 1. The van der Waals surface area contributed by atoms with Crippen molar-refractivity contribution in [1.82, 2.24) is 5.32 Å². The molecule has 10 heteroatoms. The van der Waals surface area contributed by atoms with Crippen LogP contribution in [-0.4, -0.2) is 42.3 Å². The smallest absolute Gasteiger partial charge is 0.391 e. The second-order valence-corrected chi connectivity index (χ2v) is 11.1. The van der Waals surface area contributed by atoms with Gasteiger partial charge in [0.15, 0.2) is 0 Å². The summed E-state index contributed by atoms with van der Waals surface area (Å²) in [5, 5.41) is 12.8. The Labute approximate surface area is 258 Å². The Morgan fingerprint density at radius 3 is 2.25 bits per heavy atom. The van der Waals surface area contributed by atoms with E-state index in [2.05, 4.69) is 5.32 Å². The zero-order valence-electron chi connectivity index (χ0n) is 23.6. The van der Waals surface area contributed by atoms with Gasteiger partial charge >= 0.3 is 12.1 Å². The van der Waals surface area contributed by atoms with Crippen molar-refractivity contribution in [2.75, 3.05) is 18.0 Å². The first kappa shape index (κ1) is 30.9. The highest BCUT2D eigenvalue weighted by Crippen LogP contribution is 2.37. The van der Waals surface area contributed by atoms with Crippen LogP contribution in [0.3, 0.4) is 0 Å². The molecule has 0 bridgehead atoms. The molecule has 4 aromatic rings. The molecule has 0 aliphatic carbocycles. The molecule has 6 nitrogen and oxygen atoms in total. The number of nitrogens with one attached hydrogen (secondary N) is 1. The molecule has 0 saturated carbocycles. The molecule has 1 atom stereocenters. The summed E-state index contributed by atoms with van der Waals surface area (Å²) in [7, 11) is 0. The van der Waals surface area contributed by atoms with E-state index >= 15 is 0 Å². The summed E-state index contributed by atoms with van der Waals surface area (Å²) in [4.78, 5) is 27.3. The standard InChI is InChI=1S/C34H30ClF3N2O4/c35-25-14-15-30(40-18-16-24(17-19-40)34(36,37)38)28(21-25)32(41)39-29(33(42)43)20-22-10-12-23(13-11-22)27-8-4-5-9-31(27)44-26-6-2-1-3-7-26/h1-15,21,24,29H,16-20H2,(H,39,41)(H,42,43). The second-order valence-electron chi connectivity index (χ2n) is 10.6. The summed E-state index contributed by atoms with van der Waals surface area (Å²) in [6.07, 6.45) is -4.44. The number of nitrogens with zero attached hydrogens (tertiary/aromatic N) is 1. The lowest BCUT2D eigenvalue weighted by Crippen LogP contribution is -2.43. The number of alkyl halides is 3. The van der Waals surface area contributed by atoms with Crippen molar-refractivity contribution in [3.05, 3.63) is 113 Å². The number of hydrogen-bond donors (Lipinski definition) is 2. The van der Waals surface area contributed by atoms with Gasteiger partial charge in [0.25, 0.3) is 5.91 Å². The molecule has 1 amide bonds. The molecule has 0 spiro atoms. The number of ether oxygens (including phenoxy) is 1. The number of carboxylic acids is 1. The largest absolute Gasteiger partial charge is 0.480 e. The van der Waals surface area contributed by atoms with Gasteiger partial charge in [-0.15, -0.1) is 0 Å². The van der Waals surface area contributed by atoms with Crippen LogP contribution in [0.1, 0.15) is 28.8 Å². The Balaban J connectivity index is 1.29. The lowest BCUT2D eigenvalue weighted by molar-refractivity contribution is -0.179. The SMILES string of the molecule is O=C(NC(Cc1ccc(-c2ccccc2Oc2ccccc2)cc1)C(=O)O)c1cc(Cl)ccc1N1CCC(C(F)(F)F)CC1. The van der Waals surface area contributed by atoms with E-state index in [4.69, 9.17) is 16.3 Å². The van der Waals surface area contributed by atoms with E-state index in [0.29, 0.717) is 22.7 Å². The van der Waals surface area contributed by atoms with Crippen molar-refractivity contribution >= 4 is 29.2 Å². The van der Waals surface area contributed by atoms with Crippen molar-refractivity contribution in [2.24, 2.45) is 5.92 Å². The van der Waals surface area contributed by atoms with Gasteiger partial charge in [-0.3, -0.25) is 4.79 Å². The van der Waals surface area contributed by atoms with Crippen molar-refractivity contribution < 1.29 is 32.6 Å². The summed E-state index contributed by atoms with van der Waals surface area (Å²) in [5.41, 5.74) is 2.94. The number of carbonyl (C=O) groups is 2. The highest BCUT2D eigenvalue weighted by molar-refractivity contribution is 6.31. The molecular weight excluding hydrogens is 593 g/mol. The predicted molar refractivity (Wildman–Crippen MR) is 163 cm³/mol. The van der Waals surface area contributed by atoms with Crippen molar-refractivity contribution in [2.45, 2.75) is 31.5 Å². The zero-order chi connectivity index (χ0) is 31.3. The molecule has 0 radical (unpaired) electrons. The fraction of sp³-hybridized carbons (Fsp3) is 0.235. The number of amides is 1. The minimum absolute atomic E-state index is 0.0103. The molecule has 1 heterocycles. The number of anilines is 1. The zero-order valence-corrected chi connectivity index (χ0v) is 24.3. The van der Waals surface area contributed by atoms with Gasteiger partial charge in [-0.1, -0.05) is 72.3 Å². The lowest BCUT2D eigenvalue weighted by Gasteiger charge is -2.35. The molecule has 0 aromatic heterocycles. The number of halogens is 4. The molecule has 1 saturated heterocycles. The van der Waals surface area contributed by atoms with Crippen LogP contribution in [0.4, 0.5) is 18.9 Å². The van der Waals surface area contributed by atoms with E-state index in [-0.39, 0.29) is 42.9 Å². The van der Waals surface area contributed by atoms with Gasteiger partial charge in [-0.25, -0.2) is 4.79 Å². The van der Waals surface area contributed by atoms with E-state index in [0.717, 1.165) is 11.1 Å². The number of carbonyl (C=O) groups excluding carboxylic acids is 1. The Kier molecular flexibility index (Phi) is 9.44. The van der Waals surface area contributed by atoms with Crippen LogP contribution in [0.25, 0.3) is 11.1 Å². The third kappa shape index (κ3) is 7.52. The Bertz CT molecular complexity index is 1610. The summed E-state index contributed by atoms with van der Waals surface area (Å²) >= 11 is 6.16. The normalized spacial score (nSPS) is 14.6. The average molecular weight is 623 g/mol. The summed E-state index contributed by atoms with van der Waals surface area (Å²) < 4.78 is 45.6. The van der Waals surface area contributed by atoms with Gasteiger partial charge in [0.2, 0.25) is 0 Å². The van der Waals surface area contributed by atoms with Crippen molar-refractivity contribution in [3.8, 4) is 22.6 Å². The first-order valence-corrected chi connectivity index (χ1v) is 14.5. The molecule has 228 valence electrons. The molecule has 1 fully saturated rings. The highest BCUT2D eigenvalue weighted by atomic mass is 35.5. The van der Waals surface area contributed by atoms with Crippen LogP contribution in [0, 0.1) is 5.92 Å². The van der Waals surface area contributed by atoms with Crippen molar-refractivity contribution in [3.63, 3.8) is 0 Å².